The zero-order chi connectivity index (χ0) is 9.40. The quantitative estimate of drug-likeness (QED) is 0.604. The molecule has 6 bridgehead atoms. The molecule has 0 N–H and O–H groups in total. The number of Topliss-reactive ketones (excluding diaryl/α,β-unsaturated/α-hetero) is 1. The highest BCUT2D eigenvalue weighted by Crippen LogP contribution is 2.86. The van der Waals surface area contributed by atoms with Crippen LogP contribution in [0.2, 0.25) is 0 Å². The van der Waals surface area contributed by atoms with Gasteiger partial charge in [0.15, 0.2) is 0 Å². The standard InChI is InChI=1S/C12H13BrO/c1-12-8-4-2-3-5(6(4)11(12)13)9(12)10(14)7(3)8/h3-9,11H,2H2,1H3/t3-,4+,5-,6+,7+,8-,9+,11+,12-/m1/s1. The van der Waals surface area contributed by atoms with Crippen molar-refractivity contribution in [3.05, 3.63) is 0 Å². The summed E-state index contributed by atoms with van der Waals surface area (Å²) in [4.78, 5) is 12.9. The van der Waals surface area contributed by atoms with E-state index in [1.165, 1.54) is 6.42 Å². The van der Waals surface area contributed by atoms with Crippen LogP contribution in [-0.2, 0) is 4.79 Å². The molecule has 1 nitrogen and oxygen atoms in total. The lowest BCUT2D eigenvalue weighted by Gasteiger charge is -2.38. The van der Waals surface area contributed by atoms with E-state index in [4.69, 9.17) is 0 Å². The Morgan fingerprint density at radius 3 is 2.86 bits per heavy atom. The summed E-state index contributed by atoms with van der Waals surface area (Å²) in [6, 6.07) is 0. The summed E-state index contributed by atoms with van der Waals surface area (Å²) in [7, 11) is 0. The Bertz CT molecular complexity index is 390. The molecule has 2 heteroatoms. The zero-order valence-electron chi connectivity index (χ0n) is 8.11. The highest BCUT2D eigenvalue weighted by Gasteiger charge is 2.87. The van der Waals surface area contributed by atoms with Gasteiger partial charge in [-0.3, -0.25) is 4.79 Å². The molecule has 9 atom stereocenters. The van der Waals surface area contributed by atoms with E-state index in [1.54, 1.807) is 0 Å². The van der Waals surface area contributed by atoms with Crippen molar-refractivity contribution in [1.29, 1.82) is 0 Å². The lowest BCUT2D eigenvalue weighted by Crippen LogP contribution is -2.37. The molecule has 0 amide bonds. The van der Waals surface area contributed by atoms with Crippen LogP contribution in [0.25, 0.3) is 0 Å². The van der Waals surface area contributed by atoms with Crippen LogP contribution < -0.4 is 0 Å². The summed E-state index contributed by atoms with van der Waals surface area (Å²) in [6.45, 7) is 2.40. The molecule has 74 valence electrons. The summed E-state index contributed by atoms with van der Waals surface area (Å²) in [5, 5.41) is 0. The van der Waals surface area contributed by atoms with Gasteiger partial charge in [0.2, 0.25) is 0 Å². The van der Waals surface area contributed by atoms with E-state index in [0.29, 0.717) is 27.9 Å². The fourth-order valence-corrected chi connectivity index (χ4v) is 8.05. The summed E-state index contributed by atoms with van der Waals surface area (Å²) in [5.41, 5.74) is 0.370. The predicted octanol–water partition coefficient (Wildman–Crippen LogP) is 2.10. The smallest absolute Gasteiger partial charge is 0.140 e. The Hall–Kier alpha value is 0.150. The molecule has 0 aromatic carbocycles. The number of carbonyl (C=O) groups excluding carboxylic acids is 1. The van der Waals surface area contributed by atoms with E-state index in [2.05, 4.69) is 22.9 Å². The third kappa shape index (κ3) is 0.391. The first kappa shape index (κ1) is 7.43. The normalized spacial score (nSPS) is 80.3. The maximum Gasteiger partial charge on any atom is 0.140 e. The molecule has 14 heavy (non-hydrogen) atoms. The van der Waals surface area contributed by atoms with Gasteiger partial charge in [-0.05, 0) is 41.4 Å². The average Bonchev–Trinajstić information content (AvgIpc) is 2.81. The predicted molar refractivity (Wildman–Crippen MR) is 54.9 cm³/mol. The van der Waals surface area contributed by atoms with Crippen LogP contribution in [0.15, 0.2) is 0 Å². The minimum absolute atomic E-state index is 0.370. The molecule has 0 unspecified atom stereocenters. The van der Waals surface area contributed by atoms with E-state index >= 15 is 0 Å². The minimum atomic E-state index is 0.370. The lowest BCUT2D eigenvalue weighted by atomic mass is 9.64. The van der Waals surface area contributed by atoms with Crippen LogP contribution in [-0.4, -0.2) is 10.6 Å². The van der Waals surface area contributed by atoms with E-state index in [-0.39, 0.29) is 0 Å². The van der Waals surface area contributed by atoms with E-state index in [1.807, 2.05) is 0 Å². The molecule has 6 rings (SSSR count). The van der Waals surface area contributed by atoms with Crippen LogP contribution in [0.4, 0.5) is 0 Å². The molecule has 0 radical (unpaired) electrons. The van der Waals surface area contributed by atoms with Crippen LogP contribution in [0.3, 0.4) is 0 Å². The lowest BCUT2D eigenvalue weighted by molar-refractivity contribution is -0.122. The van der Waals surface area contributed by atoms with Crippen molar-refractivity contribution in [3.63, 3.8) is 0 Å². The first-order valence-corrected chi connectivity index (χ1v) is 6.76. The summed E-state index contributed by atoms with van der Waals surface area (Å²) in [6.07, 6.45) is 1.39. The first-order chi connectivity index (χ1) is 6.67. The number of carbonyl (C=O) groups is 1. The first-order valence-electron chi connectivity index (χ1n) is 5.85. The van der Waals surface area contributed by atoms with E-state index < -0.39 is 0 Å². The molecule has 0 spiro atoms. The molecule has 0 saturated heterocycles. The SMILES string of the molecule is C[C@@]12[C@@H]3[C@H]4C[C@H]5[C@@H]3C(=O)[C@@H]1[C@H]5[C@H]4[C@@H]2Br. The fourth-order valence-electron chi connectivity index (χ4n) is 6.72. The van der Waals surface area contributed by atoms with Crippen LogP contribution in [0, 0.1) is 46.8 Å². The van der Waals surface area contributed by atoms with E-state index in [9.17, 15) is 4.79 Å². The maximum absolute atomic E-state index is 12.2. The van der Waals surface area contributed by atoms with Gasteiger partial charge < -0.3 is 0 Å². The average molecular weight is 253 g/mol. The molecule has 0 aliphatic heterocycles. The van der Waals surface area contributed by atoms with Gasteiger partial charge in [0.05, 0.1) is 0 Å². The van der Waals surface area contributed by atoms with Crippen molar-refractivity contribution in [3.8, 4) is 0 Å². The summed E-state index contributed by atoms with van der Waals surface area (Å²) in [5.74, 6) is 5.85. The van der Waals surface area contributed by atoms with Crippen molar-refractivity contribution < 1.29 is 4.79 Å². The van der Waals surface area contributed by atoms with Gasteiger partial charge in [0.1, 0.15) is 5.78 Å². The topological polar surface area (TPSA) is 17.1 Å². The van der Waals surface area contributed by atoms with Crippen LogP contribution >= 0.6 is 15.9 Å². The van der Waals surface area contributed by atoms with Gasteiger partial charge in [-0.15, -0.1) is 0 Å². The maximum atomic E-state index is 12.2. The summed E-state index contributed by atoms with van der Waals surface area (Å²) < 4.78 is 0. The third-order valence-electron chi connectivity index (χ3n) is 6.63. The minimum Gasteiger partial charge on any atom is -0.299 e. The number of rotatable bonds is 0. The molecule has 6 aliphatic carbocycles. The number of halogens is 1. The largest absolute Gasteiger partial charge is 0.299 e. The Labute approximate surface area is 91.8 Å². The van der Waals surface area contributed by atoms with Crippen molar-refractivity contribution in [2.45, 2.75) is 18.2 Å². The van der Waals surface area contributed by atoms with Crippen LogP contribution in [0.1, 0.15) is 13.3 Å². The second-order valence-electron chi connectivity index (χ2n) is 6.42. The second kappa shape index (κ2) is 1.66. The molecular formula is C12H13BrO. The third-order valence-corrected chi connectivity index (χ3v) is 8.22. The molecule has 6 fully saturated rings. The van der Waals surface area contributed by atoms with Crippen LogP contribution in [0.5, 0.6) is 0 Å². The molecule has 6 aliphatic rings. The highest BCUT2D eigenvalue weighted by molar-refractivity contribution is 9.09. The van der Waals surface area contributed by atoms with Gasteiger partial charge in [0, 0.05) is 16.7 Å². The zero-order valence-corrected chi connectivity index (χ0v) is 9.70. The Morgan fingerprint density at radius 2 is 2.14 bits per heavy atom. The Kier molecular flexibility index (Phi) is 0.883. The van der Waals surface area contributed by atoms with Crippen molar-refractivity contribution in [1.82, 2.24) is 0 Å². The van der Waals surface area contributed by atoms with Gasteiger partial charge in [-0.25, -0.2) is 0 Å². The summed E-state index contributed by atoms with van der Waals surface area (Å²) >= 11 is 3.92. The van der Waals surface area contributed by atoms with Gasteiger partial charge in [0.25, 0.3) is 0 Å². The highest BCUT2D eigenvalue weighted by atomic mass is 79.9. The molecule has 0 aromatic rings. The monoisotopic (exact) mass is 252 g/mol. The Balaban J connectivity index is 1.92. The number of ketones is 1. The molecule has 6 saturated carbocycles. The van der Waals surface area contributed by atoms with Crippen molar-refractivity contribution in [2.24, 2.45) is 46.8 Å². The van der Waals surface area contributed by atoms with E-state index in [0.717, 1.165) is 29.6 Å². The molecule has 0 heterocycles. The molecule has 0 aromatic heterocycles. The number of alkyl halides is 1. The van der Waals surface area contributed by atoms with Crippen molar-refractivity contribution >= 4 is 21.7 Å². The fraction of sp³-hybridized carbons (Fsp3) is 0.917. The Morgan fingerprint density at radius 1 is 1.36 bits per heavy atom. The van der Waals surface area contributed by atoms with Gasteiger partial charge in [-0.1, -0.05) is 22.9 Å². The molecular weight excluding hydrogens is 240 g/mol. The van der Waals surface area contributed by atoms with Gasteiger partial charge in [-0.2, -0.15) is 0 Å². The van der Waals surface area contributed by atoms with Gasteiger partial charge >= 0.3 is 0 Å². The number of hydrogen-bond donors (Lipinski definition) is 0. The second-order valence-corrected chi connectivity index (χ2v) is 7.40. The number of hydrogen-bond acceptors (Lipinski definition) is 1. The van der Waals surface area contributed by atoms with Crippen molar-refractivity contribution in [2.75, 3.05) is 0 Å².